The zero-order valence-corrected chi connectivity index (χ0v) is 9.18. The highest BCUT2D eigenvalue weighted by atomic mass is 32.2. The van der Waals surface area contributed by atoms with Crippen molar-refractivity contribution in [1.82, 2.24) is 0 Å². The Morgan fingerprint density at radius 1 is 1.38 bits per heavy atom. The first kappa shape index (κ1) is 12.6. The molecule has 0 aliphatic rings. The standard InChI is InChI=1S/C10H11F2NO2S/c1-2-7-13-8-5-3-4-6-9(8)16(14,15)10(11)12/h2-6,10,13H,1,7H2. The van der Waals surface area contributed by atoms with Crippen LogP contribution >= 0.6 is 0 Å². The van der Waals surface area contributed by atoms with Gasteiger partial charge < -0.3 is 5.32 Å². The molecule has 1 N–H and O–H groups in total. The third-order valence-corrected chi connectivity index (χ3v) is 3.30. The summed E-state index contributed by atoms with van der Waals surface area (Å²) in [4.78, 5) is -0.396. The number of halogens is 2. The molecule has 1 aromatic rings. The van der Waals surface area contributed by atoms with E-state index in [4.69, 9.17) is 0 Å². The number of para-hydroxylation sites is 1. The molecule has 0 amide bonds. The zero-order chi connectivity index (χ0) is 12.2. The second-order valence-electron chi connectivity index (χ2n) is 2.97. The molecule has 0 saturated heterocycles. The lowest BCUT2D eigenvalue weighted by Gasteiger charge is -2.10. The summed E-state index contributed by atoms with van der Waals surface area (Å²) in [7, 11) is -4.57. The molecular formula is C10H11F2NO2S. The summed E-state index contributed by atoms with van der Waals surface area (Å²) in [6, 6.07) is 5.54. The average Bonchev–Trinajstić information content (AvgIpc) is 2.26. The molecule has 0 aliphatic heterocycles. The number of nitrogens with one attached hydrogen (secondary N) is 1. The van der Waals surface area contributed by atoms with Gasteiger partial charge in [-0.25, -0.2) is 8.42 Å². The molecule has 0 unspecified atom stereocenters. The molecule has 16 heavy (non-hydrogen) atoms. The highest BCUT2D eigenvalue weighted by Gasteiger charge is 2.28. The Hall–Kier alpha value is -1.43. The van der Waals surface area contributed by atoms with Crippen molar-refractivity contribution < 1.29 is 17.2 Å². The molecule has 0 aromatic heterocycles. The van der Waals surface area contributed by atoms with Crippen molar-refractivity contribution in [2.24, 2.45) is 0 Å². The molecule has 0 saturated carbocycles. The summed E-state index contributed by atoms with van der Waals surface area (Å²) < 4.78 is 47.3. The molecule has 0 heterocycles. The first-order valence-corrected chi connectivity index (χ1v) is 6.00. The van der Waals surface area contributed by atoms with Crippen LogP contribution in [0.1, 0.15) is 0 Å². The minimum atomic E-state index is -4.57. The van der Waals surface area contributed by atoms with E-state index in [1.54, 1.807) is 6.07 Å². The van der Waals surface area contributed by atoms with Crippen LogP contribution in [0.5, 0.6) is 0 Å². The van der Waals surface area contributed by atoms with Gasteiger partial charge in [0.2, 0.25) is 9.84 Å². The lowest BCUT2D eigenvalue weighted by molar-refractivity contribution is 0.235. The third-order valence-electron chi connectivity index (χ3n) is 1.87. The van der Waals surface area contributed by atoms with Crippen LogP contribution in [0.25, 0.3) is 0 Å². The Kier molecular flexibility index (Phi) is 4.00. The minimum Gasteiger partial charge on any atom is -0.381 e. The van der Waals surface area contributed by atoms with Crippen LogP contribution in [0.15, 0.2) is 41.8 Å². The molecule has 0 atom stereocenters. The number of benzene rings is 1. The number of anilines is 1. The number of hydrogen-bond acceptors (Lipinski definition) is 3. The van der Waals surface area contributed by atoms with Gasteiger partial charge in [0.25, 0.3) is 0 Å². The summed E-state index contributed by atoms with van der Waals surface area (Å²) in [5.74, 6) is -3.42. The number of hydrogen-bond donors (Lipinski definition) is 1. The van der Waals surface area contributed by atoms with Gasteiger partial charge in [-0.15, -0.1) is 6.58 Å². The highest BCUT2D eigenvalue weighted by molar-refractivity contribution is 7.91. The van der Waals surface area contributed by atoms with Crippen LogP contribution in [0.3, 0.4) is 0 Å². The van der Waals surface area contributed by atoms with Crippen LogP contribution < -0.4 is 5.32 Å². The van der Waals surface area contributed by atoms with E-state index in [0.29, 0.717) is 6.54 Å². The monoisotopic (exact) mass is 247 g/mol. The summed E-state index contributed by atoms with van der Waals surface area (Å²) >= 11 is 0. The van der Waals surface area contributed by atoms with E-state index in [9.17, 15) is 17.2 Å². The molecule has 0 bridgehead atoms. The summed E-state index contributed by atoms with van der Waals surface area (Å²) in [5.41, 5.74) is 0.155. The van der Waals surface area contributed by atoms with Crippen molar-refractivity contribution in [3.63, 3.8) is 0 Å². The zero-order valence-electron chi connectivity index (χ0n) is 8.36. The van der Waals surface area contributed by atoms with Crippen molar-refractivity contribution >= 4 is 15.5 Å². The van der Waals surface area contributed by atoms with E-state index in [-0.39, 0.29) is 5.69 Å². The quantitative estimate of drug-likeness (QED) is 0.812. The Bertz CT molecular complexity index is 471. The SMILES string of the molecule is C=CCNc1ccccc1S(=O)(=O)C(F)F. The average molecular weight is 247 g/mol. The van der Waals surface area contributed by atoms with Gasteiger partial charge >= 0.3 is 5.76 Å². The first-order valence-electron chi connectivity index (χ1n) is 4.46. The van der Waals surface area contributed by atoms with Crippen molar-refractivity contribution in [2.45, 2.75) is 10.7 Å². The summed E-state index contributed by atoms with van der Waals surface area (Å²) in [5, 5.41) is 2.69. The van der Waals surface area contributed by atoms with E-state index in [2.05, 4.69) is 11.9 Å². The smallest absolute Gasteiger partial charge is 0.341 e. The largest absolute Gasteiger partial charge is 0.381 e. The second-order valence-corrected chi connectivity index (χ2v) is 4.86. The summed E-state index contributed by atoms with van der Waals surface area (Å²) in [6.07, 6.45) is 1.51. The fourth-order valence-corrected chi connectivity index (χ4v) is 2.05. The van der Waals surface area contributed by atoms with Crippen molar-refractivity contribution in [1.29, 1.82) is 0 Å². The maximum atomic E-state index is 12.4. The van der Waals surface area contributed by atoms with Gasteiger partial charge in [-0.2, -0.15) is 8.78 Å². The number of rotatable bonds is 5. The first-order chi connectivity index (χ1) is 7.50. The van der Waals surface area contributed by atoms with Crippen LogP contribution in [-0.2, 0) is 9.84 Å². The number of sulfone groups is 1. The molecule has 1 aromatic carbocycles. The van der Waals surface area contributed by atoms with Gasteiger partial charge in [0.15, 0.2) is 0 Å². The Labute approximate surface area is 92.7 Å². The Morgan fingerprint density at radius 2 is 2.00 bits per heavy atom. The summed E-state index contributed by atoms with van der Waals surface area (Å²) in [6.45, 7) is 3.74. The van der Waals surface area contributed by atoms with Crippen molar-refractivity contribution in [2.75, 3.05) is 11.9 Å². The fraction of sp³-hybridized carbons (Fsp3) is 0.200. The molecule has 0 fully saturated rings. The molecule has 0 aliphatic carbocycles. The molecular weight excluding hydrogens is 236 g/mol. The van der Waals surface area contributed by atoms with Gasteiger partial charge in [0.1, 0.15) is 0 Å². The van der Waals surface area contributed by atoms with Crippen molar-refractivity contribution in [3.8, 4) is 0 Å². The molecule has 0 spiro atoms. The Morgan fingerprint density at radius 3 is 2.56 bits per heavy atom. The topological polar surface area (TPSA) is 46.2 Å². The molecule has 0 radical (unpaired) electrons. The fourth-order valence-electron chi connectivity index (χ4n) is 1.14. The molecule has 6 heteroatoms. The van der Waals surface area contributed by atoms with Gasteiger partial charge in [-0.3, -0.25) is 0 Å². The maximum Gasteiger partial charge on any atom is 0.341 e. The molecule has 3 nitrogen and oxygen atoms in total. The predicted molar refractivity (Wildman–Crippen MR) is 58.3 cm³/mol. The third kappa shape index (κ3) is 2.57. The van der Waals surface area contributed by atoms with Gasteiger partial charge in [0.05, 0.1) is 10.6 Å². The second kappa shape index (κ2) is 5.07. The van der Waals surface area contributed by atoms with Crippen molar-refractivity contribution in [3.05, 3.63) is 36.9 Å². The maximum absolute atomic E-state index is 12.4. The Balaban J connectivity index is 3.18. The van der Waals surface area contributed by atoms with E-state index >= 15 is 0 Å². The van der Waals surface area contributed by atoms with Crippen LogP contribution in [-0.4, -0.2) is 20.7 Å². The normalized spacial score (nSPS) is 11.4. The van der Waals surface area contributed by atoms with Crippen LogP contribution in [0, 0.1) is 0 Å². The van der Waals surface area contributed by atoms with E-state index in [1.807, 2.05) is 0 Å². The lowest BCUT2D eigenvalue weighted by atomic mass is 10.3. The van der Waals surface area contributed by atoms with E-state index in [1.165, 1.54) is 18.2 Å². The molecule has 1 rings (SSSR count). The number of alkyl halides is 2. The van der Waals surface area contributed by atoms with E-state index in [0.717, 1.165) is 6.07 Å². The van der Waals surface area contributed by atoms with E-state index < -0.39 is 20.5 Å². The minimum absolute atomic E-state index is 0.155. The van der Waals surface area contributed by atoms with Crippen LogP contribution in [0.2, 0.25) is 0 Å². The van der Waals surface area contributed by atoms with Gasteiger partial charge in [-0.1, -0.05) is 18.2 Å². The molecule has 88 valence electrons. The van der Waals surface area contributed by atoms with Crippen LogP contribution in [0.4, 0.5) is 14.5 Å². The van der Waals surface area contributed by atoms with Gasteiger partial charge in [0, 0.05) is 6.54 Å². The van der Waals surface area contributed by atoms with Gasteiger partial charge in [-0.05, 0) is 12.1 Å². The lowest BCUT2D eigenvalue weighted by Crippen LogP contribution is -2.14. The highest BCUT2D eigenvalue weighted by Crippen LogP contribution is 2.25. The predicted octanol–water partition coefficient (Wildman–Crippen LogP) is 2.28.